The Hall–Kier alpha value is -1.89. The van der Waals surface area contributed by atoms with E-state index >= 15 is 0 Å². The van der Waals surface area contributed by atoms with Crippen LogP contribution in [-0.2, 0) is 0 Å². The normalized spacial score (nSPS) is 15.7. The molecule has 0 radical (unpaired) electrons. The fourth-order valence-corrected chi connectivity index (χ4v) is 4.51. The van der Waals surface area contributed by atoms with Crippen molar-refractivity contribution in [2.24, 2.45) is 0 Å². The third-order valence-corrected chi connectivity index (χ3v) is 6.08. The van der Waals surface area contributed by atoms with Gasteiger partial charge in [0.05, 0.1) is 5.52 Å². The predicted octanol–water partition coefficient (Wildman–Crippen LogP) is 4.68. The lowest BCUT2D eigenvalue weighted by Crippen LogP contribution is -2.38. The first-order valence-electron chi connectivity index (χ1n) is 8.66. The van der Waals surface area contributed by atoms with E-state index in [2.05, 4.69) is 81.0 Å². The van der Waals surface area contributed by atoms with E-state index in [4.69, 9.17) is 5.41 Å². The maximum absolute atomic E-state index is 8.65. The molecule has 0 spiro atoms. The van der Waals surface area contributed by atoms with Gasteiger partial charge in [0.2, 0.25) is 0 Å². The fourth-order valence-electron chi connectivity index (χ4n) is 3.68. The number of rotatable bonds is 2. The zero-order chi connectivity index (χ0) is 17.4. The maximum Gasteiger partial charge on any atom is 0.149 e. The molecular formula is C20H21IN4. The summed E-state index contributed by atoms with van der Waals surface area (Å²) in [6.07, 6.45) is 2.17. The quantitative estimate of drug-likeness (QED) is 0.343. The van der Waals surface area contributed by atoms with E-state index in [1.807, 2.05) is 6.07 Å². The van der Waals surface area contributed by atoms with Crippen molar-refractivity contribution in [1.82, 2.24) is 15.1 Å². The van der Waals surface area contributed by atoms with E-state index in [0.29, 0.717) is 11.8 Å². The van der Waals surface area contributed by atoms with E-state index in [1.54, 1.807) is 0 Å². The van der Waals surface area contributed by atoms with Crippen LogP contribution in [0.15, 0.2) is 42.5 Å². The topological polar surface area (TPSA) is 55.8 Å². The fraction of sp³-hybridized carbons (Fsp3) is 0.300. The van der Waals surface area contributed by atoms with Gasteiger partial charge in [0.25, 0.3) is 0 Å². The maximum atomic E-state index is 8.65. The standard InChI is InChI=1S/C20H21IN4/c1-13-6-7-18-16(12-13)19(24-23-18)20(22)25-10-8-14(9-11-25)15-4-2-3-5-17(15)21/h2-7,12,14,22H,8-11H2,1H3,(H,23,24). The molecule has 3 aromatic rings. The minimum absolute atomic E-state index is 0.540. The van der Waals surface area contributed by atoms with Crippen LogP contribution in [0.3, 0.4) is 0 Å². The average Bonchev–Trinajstić information content (AvgIpc) is 3.05. The Morgan fingerprint density at radius 1 is 1.20 bits per heavy atom. The molecule has 2 aromatic carbocycles. The lowest BCUT2D eigenvalue weighted by atomic mass is 9.89. The van der Waals surface area contributed by atoms with Crippen molar-refractivity contribution in [2.75, 3.05) is 13.1 Å². The second-order valence-corrected chi connectivity index (χ2v) is 7.91. The third-order valence-electron chi connectivity index (χ3n) is 5.10. The van der Waals surface area contributed by atoms with Crippen LogP contribution >= 0.6 is 22.6 Å². The Kier molecular flexibility index (Phi) is 4.50. The molecular weight excluding hydrogens is 423 g/mol. The summed E-state index contributed by atoms with van der Waals surface area (Å²) in [5.74, 6) is 1.13. The molecule has 0 atom stereocenters. The first-order valence-corrected chi connectivity index (χ1v) is 9.74. The van der Waals surface area contributed by atoms with Crippen molar-refractivity contribution in [3.05, 3.63) is 62.9 Å². The largest absolute Gasteiger partial charge is 0.355 e. The molecule has 0 unspecified atom stereocenters. The van der Waals surface area contributed by atoms with Crippen LogP contribution in [-0.4, -0.2) is 34.0 Å². The van der Waals surface area contributed by atoms with Crippen molar-refractivity contribution >= 4 is 39.3 Å². The van der Waals surface area contributed by atoms with E-state index < -0.39 is 0 Å². The summed E-state index contributed by atoms with van der Waals surface area (Å²) in [6, 6.07) is 14.9. The first-order chi connectivity index (χ1) is 12.1. The number of hydrogen-bond donors (Lipinski definition) is 2. The Balaban J connectivity index is 1.51. The Morgan fingerprint density at radius 2 is 1.96 bits per heavy atom. The number of amidine groups is 1. The van der Waals surface area contributed by atoms with Crippen LogP contribution in [0.5, 0.6) is 0 Å². The molecule has 0 saturated carbocycles. The van der Waals surface area contributed by atoms with E-state index in [9.17, 15) is 0 Å². The van der Waals surface area contributed by atoms with Gasteiger partial charge in [0.1, 0.15) is 11.5 Å². The number of aryl methyl sites for hydroxylation is 1. The summed E-state index contributed by atoms with van der Waals surface area (Å²) in [5, 5.41) is 17.2. The van der Waals surface area contributed by atoms with Gasteiger partial charge in [-0.15, -0.1) is 0 Å². The number of nitrogens with one attached hydrogen (secondary N) is 2. The molecule has 5 heteroatoms. The van der Waals surface area contributed by atoms with Crippen LogP contribution in [0, 0.1) is 15.9 Å². The molecule has 1 saturated heterocycles. The smallest absolute Gasteiger partial charge is 0.149 e. The van der Waals surface area contributed by atoms with Crippen molar-refractivity contribution in [2.45, 2.75) is 25.7 Å². The van der Waals surface area contributed by atoms with E-state index in [-0.39, 0.29) is 0 Å². The van der Waals surface area contributed by atoms with Crippen LogP contribution < -0.4 is 0 Å². The highest BCUT2D eigenvalue weighted by molar-refractivity contribution is 14.1. The molecule has 0 amide bonds. The first kappa shape index (κ1) is 16.6. The number of aromatic nitrogens is 2. The highest BCUT2D eigenvalue weighted by Gasteiger charge is 2.25. The summed E-state index contributed by atoms with van der Waals surface area (Å²) < 4.78 is 1.35. The number of hydrogen-bond acceptors (Lipinski definition) is 2. The van der Waals surface area contributed by atoms with Gasteiger partial charge >= 0.3 is 0 Å². The number of nitrogens with zero attached hydrogens (tertiary/aromatic N) is 2. The molecule has 4 nitrogen and oxygen atoms in total. The molecule has 0 aliphatic carbocycles. The Labute approximate surface area is 161 Å². The predicted molar refractivity (Wildman–Crippen MR) is 110 cm³/mol. The molecule has 0 bridgehead atoms. The van der Waals surface area contributed by atoms with E-state index in [1.165, 1.54) is 14.7 Å². The average molecular weight is 444 g/mol. The second-order valence-electron chi connectivity index (χ2n) is 6.75. The summed E-state index contributed by atoms with van der Waals surface area (Å²) in [5.41, 5.74) is 4.42. The Morgan fingerprint density at radius 3 is 2.72 bits per heavy atom. The van der Waals surface area contributed by atoms with Crippen molar-refractivity contribution < 1.29 is 0 Å². The van der Waals surface area contributed by atoms with Gasteiger partial charge in [-0.25, -0.2) is 0 Å². The van der Waals surface area contributed by atoms with Gasteiger partial charge in [-0.05, 0) is 72.0 Å². The van der Waals surface area contributed by atoms with Crippen LogP contribution in [0.4, 0.5) is 0 Å². The molecule has 2 heterocycles. The third kappa shape index (κ3) is 3.17. The zero-order valence-corrected chi connectivity index (χ0v) is 16.4. The number of halogens is 1. The highest BCUT2D eigenvalue weighted by Crippen LogP contribution is 2.31. The van der Waals surface area contributed by atoms with Gasteiger partial charge in [0.15, 0.2) is 0 Å². The number of fused-ring (bicyclic) bond motifs is 1. The van der Waals surface area contributed by atoms with Crippen molar-refractivity contribution in [1.29, 1.82) is 5.41 Å². The number of benzene rings is 2. The minimum Gasteiger partial charge on any atom is -0.355 e. The minimum atomic E-state index is 0.540. The van der Waals surface area contributed by atoms with Gasteiger partial charge in [-0.1, -0.05) is 29.8 Å². The lowest BCUT2D eigenvalue weighted by Gasteiger charge is -2.33. The number of likely N-dealkylation sites (tertiary alicyclic amines) is 1. The van der Waals surface area contributed by atoms with Crippen LogP contribution in [0.1, 0.15) is 35.6 Å². The number of aromatic amines is 1. The molecule has 25 heavy (non-hydrogen) atoms. The highest BCUT2D eigenvalue weighted by atomic mass is 127. The van der Waals surface area contributed by atoms with Crippen LogP contribution in [0.2, 0.25) is 0 Å². The van der Waals surface area contributed by atoms with Gasteiger partial charge in [-0.2, -0.15) is 5.10 Å². The molecule has 2 N–H and O–H groups in total. The lowest BCUT2D eigenvalue weighted by molar-refractivity contribution is 0.311. The number of H-pyrrole nitrogens is 1. The summed E-state index contributed by atoms with van der Waals surface area (Å²) in [7, 11) is 0. The molecule has 4 rings (SSSR count). The molecule has 128 valence electrons. The summed E-state index contributed by atoms with van der Waals surface area (Å²) >= 11 is 2.43. The van der Waals surface area contributed by atoms with Gasteiger partial charge in [0, 0.05) is 22.0 Å². The molecule has 1 aliphatic heterocycles. The molecule has 1 aromatic heterocycles. The SMILES string of the molecule is Cc1ccc2[nH]nc(C(=N)N3CCC(c4ccccc4I)CC3)c2c1. The zero-order valence-electron chi connectivity index (χ0n) is 14.2. The monoisotopic (exact) mass is 444 g/mol. The Bertz CT molecular complexity index is 922. The molecule has 1 aliphatic rings. The second kappa shape index (κ2) is 6.78. The number of piperidine rings is 1. The summed E-state index contributed by atoms with van der Waals surface area (Å²) in [4.78, 5) is 2.17. The van der Waals surface area contributed by atoms with Crippen molar-refractivity contribution in [3.63, 3.8) is 0 Å². The summed E-state index contributed by atoms with van der Waals surface area (Å²) in [6.45, 7) is 3.90. The van der Waals surface area contributed by atoms with Gasteiger partial charge in [-0.3, -0.25) is 10.5 Å². The van der Waals surface area contributed by atoms with Crippen LogP contribution in [0.25, 0.3) is 10.9 Å². The van der Waals surface area contributed by atoms with Crippen molar-refractivity contribution in [3.8, 4) is 0 Å². The van der Waals surface area contributed by atoms with Gasteiger partial charge < -0.3 is 4.90 Å². The molecule has 1 fully saturated rings. The van der Waals surface area contributed by atoms with E-state index in [0.717, 1.165) is 42.5 Å².